The van der Waals surface area contributed by atoms with Crippen LogP contribution in [-0.2, 0) is 19.1 Å². The van der Waals surface area contributed by atoms with Crippen LogP contribution in [0.25, 0.3) is 0 Å². The Bertz CT molecular complexity index is 944. The first-order valence-electron chi connectivity index (χ1n) is 11.9. The molecule has 33 heavy (non-hydrogen) atoms. The number of Topliss-reactive ketones (excluding diaryl/α,β-unsaturated/α-hetero) is 1. The predicted octanol–water partition coefficient (Wildman–Crippen LogP) is 2.93. The molecule has 1 saturated heterocycles. The van der Waals surface area contributed by atoms with Gasteiger partial charge in [0.25, 0.3) is 5.91 Å². The van der Waals surface area contributed by atoms with Crippen LogP contribution in [0.3, 0.4) is 0 Å². The summed E-state index contributed by atoms with van der Waals surface area (Å²) in [6.45, 7) is 4.72. The van der Waals surface area contributed by atoms with Gasteiger partial charge in [0, 0.05) is 37.1 Å². The molecule has 4 atom stereocenters. The van der Waals surface area contributed by atoms with Crippen LogP contribution in [0.5, 0.6) is 5.75 Å². The van der Waals surface area contributed by atoms with Crippen molar-refractivity contribution in [3.05, 3.63) is 41.2 Å². The highest BCUT2D eigenvalue weighted by Crippen LogP contribution is 2.48. The number of fused-ring (bicyclic) bond motifs is 1. The quantitative estimate of drug-likeness (QED) is 0.590. The second-order valence-corrected chi connectivity index (χ2v) is 9.85. The molecule has 0 bridgehead atoms. The van der Waals surface area contributed by atoms with E-state index in [1.54, 1.807) is 12.0 Å². The number of benzene rings is 1. The zero-order valence-electron chi connectivity index (χ0n) is 19.0. The van der Waals surface area contributed by atoms with Crippen molar-refractivity contribution in [1.29, 1.82) is 0 Å². The zero-order chi connectivity index (χ0) is 22.9. The van der Waals surface area contributed by atoms with E-state index >= 15 is 0 Å². The molecule has 7 nitrogen and oxygen atoms in total. The molecule has 1 saturated carbocycles. The molecule has 0 spiro atoms. The summed E-state index contributed by atoms with van der Waals surface area (Å²) >= 11 is 6.41. The average molecular weight is 475 g/mol. The second-order valence-electron chi connectivity index (χ2n) is 9.23. The Morgan fingerprint density at radius 3 is 2.70 bits per heavy atom. The first-order valence-corrected chi connectivity index (χ1v) is 12.3. The predicted molar refractivity (Wildman–Crippen MR) is 123 cm³/mol. The molecule has 1 amide bonds. The van der Waals surface area contributed by atoms with Gasteiger partial charge in [0.2, 0.25) is 0 Å². The molecular weight excluding hydrogens is 444 g/mol. The molecule has 2 fully saturated rings. The van der Waals surface area contributed by atoms with Crippen LogP contribution < -0.4 is 4.74 Å². The van der Waals surface area contributed by atoms with Gasteiger partial charge < -0.3 is 19.1 Å². The number of carbonyl (C=O) groups excluding carboxylic acids is 2. The minimum absolute atomic E-state index is 0.00605. The molecule has 1 aromatic carbocycles. The smallest absolute Gasteiger partial charge is 0.290 e. The summed E-state index contributed by atoms with van der Waals surface area (Å²) in [7, 11) is 1.61. The molecular formula is C25H31ClN2O5. The van der Waals surface area contributed by atoms with Crippen LogP contribution in [0, 0.1) is 5.92 Å². The highest BCUT2D eigenvalue weighted by atomic mass is 35.5. The molecule has 0 N–H and O–H groups in total. The van der Waals surface area contributed by atoms with Gasteiger partial charge in [0.15, 0.2) is 11.5 Å². The minimum Gasteiger partial charge on any atom is -0.496 e. The van der Waals surface area contributed by atoms with Crippen LogP contribution in [0.4, 0.5) is 0 Å². The molecule has 3 aliphatic heterocycles. The number of rotatable bonds is 6. The number of hydrogen-bond acceptors (Lipinski definition) is 6. The van der Waals surface area contributed by atoms with Gasteiger partial charge in [-0.3, -0.25) is 14.5 Å². The van der Waals surface area contributed by atoms with Crippen molar-refractivity contribution >= 4 is 23.3 Å². The number of para-hydroxylation sites is 1. The molecule has 8 heteroatoms. The maximum Gasteiger partial charge on any atom is 0.290 e. The van der Waals surface area contributed by atoms with Crippen LogP contribution in [0.1, 0.15) is 37.3 Å². The largest absolute Gasteiger partial charge is 0.496 e. The Labute approximate surface area is 199 Å². The molecule has 4 aliphatic rings. The number of carbonyl (C=O) groups is 2. The second kappa shape index (κ2) is 9.65. The van der Waals surface area contributed by atoms with E-state index in [1.165, 1.54) is 0 Å². The lowest BCUT2D eigenvalue weighted by atomic mass is 9.77. The fourth-order valence-corrected chi connectivity index (χ4v) is 5.92. The molecule has 3 heterocycles. The van der Waals surface area contributed by atoms with Crippen LogP contribution in [0.15, 0.2) is 35.6 Å². The van der Waals surface area contributed by atoms with Crippen molar-refractivity contribution in [1.82, 2.24) is 9.80 Å². The lowest BCUT2D eigenvalue weighted by molar-refractivity contribution is -0.135. The third-order valence-electron chi connectivity index (χ3n) is 7.29. The third kappa shape index (κ3) is 4.27. The number of morpholine rings is 1. The fraction of sp³-hybridized carbons (Fsp3) is 0.600. The Balaban J connectivity index is 1.45. The third-order valence-corrected chi connectivity index (χ3v) is 7.69. The highest BCUT2D eigenvalue weighted by Gasteiger charge is 2.53. The van der Waals surface area contributed by atoms with Gasteiger partial charge in [-0.1, -0.05) is 18.2 Å². The Morgan fingerprint density at radius 2 is 1.91 bits per heavy atom. The van der Waals surface area contributed by atoms with Gasteiger partial charge in [-0.25, -0.2) is 0 Å². The van der Waals surface area contributed by atoms with E-state index in [1.807, 2.05) is 24.3 Å². The van der Waals surface area contributed by atoms with Crippen molar-refractivity contribution in [2.45, 2.75) is 43.2 Å². The maximum atomic E-state index is 13.7. The number of nitrogens with zero attached hydrogens (tertiary/aromatic N) is 2. The number of hydrogen-bond donors (Lipinski definition) is 0. The van der Waals surface area contributed by atoms with Gasteiger partial charge in [0.05, 0.1) is 37.9 Å². The van der Waals surface area contributed by atoms with Crippen molar-refractivity contribution in [2.75, 3.05) is 46.5 Å². The standard InChI is InChI=1S/C25H31ClN2O5/c1-31-19-6-3-2-5-17(19)22-21-23(29)18-15-16(26)7-8-20(18)33-24(21)25(30)28(22)10-4-9-27-11-13-32-14-12-27/h2-3,5-6,16,18,20,22H,4,7-15H2,1H3. The fourth-order valence-electron chi connectivity index (χ4n) is 5.60. The van der Waals surface area contributed by atoms with Gasteiger partial charge in [-0.15, -0.1) is 11.6 Å². The van der Waals surface area contributed by atoms with Gasteiger partial charge in [-0.2, -0.15) is 0 Å². The first-order chi connectivity index (χ1) is 16.1. The van der Waals surface area contributed by atoms with Crippen molar-refractivity contribution in [2.24, 2.45) is 5.92 Å². The molecule has 178 valence electrons. The Hall–Kier alpha value is -2.09. The number of halogens is 1. The van der Waals surface area contributed by atoms with Gasteiger partial charge in [0.1, 0.15) is 11.9 Å². The van der Waals surface area contributed by atoms with E-state index in [4.69, 9.17) is 25.8 Å². The van der Waals surface area contributed by atoms with Gasteiger partial charge in [-0.05, 0) is 31.7 Å². The summed E-state index contributed by atoms with van der Waals surface area (Å²) < 4.78 is 17.3. The number of amides is 1. The SMILES string of the molecule is COc1ccccc1C1C2=C(OC3CCC(Cl)CC3C2=O)C(=O)N1CCCN1CCOCC1. The summed E-state index contributed by atoms with van der Waals surface area (Å²) in [6, 6.07) is 7.12. The number of methoxy groups -OCH3 is 1. The Morgan fingerprint density at radius 1 is 1.12 bits per heavy atom. The van der Waals surface area contributed by atoms with E-state index in [-0.39, 0.29) is 34.8 Å². The lowest BCUT2D eigenvalue weighted by Crippen LogP contribution is -2.41. The molecule has 1 aromatic rings. The summed E-state index contributed by atoms with van der Waals surface area (Å²) in [5.41, 5.74) is 1.29. The minimum atomic E-state index is -0.502. The van der Waals surface area contributed by atoms with E-state index in [9.17, 15) is 9.59 Å². The average Bonchev–Trinajstić information content (AvgIpc) is 3.12. The lowest BCUT2D eigenvalue weighted by Gasteiger charge is -2.37. The summed E-state index contributed by atoms with van der Waals surface area (Å²) in [5, 5.41) is -0.0348. The van der Waals surface area contributed by atoms with Gasteiger partial charge >= 0.3 is 0 Å². The van der Waals surface area contributed by atoms with Crippen LogP contribution in [-0.4, -0.2) is 79.5 Å². The summed E-state index contributed by atoms with van der Waals surface area (Å²) in [6.07, 6.45) is 2.63. The summed E-state index contributed by atoms with van der Waals surface area (Å²) in [4.78, 5) is 31.5. The molecule has 0 radical (unpaired) electrons. The number of ketones is 1. The van der Waals surface area contributed by atoms with Crippen LogP contribution in [0.2, 0.25) is 0 Å². The molecule has 0 aromatic heterocycles. The molecule has 5 rings (SSSR count). The first kappa shape index (κ1) is 22.7. The van der Waals surface area contributed by atoms with Crippen molar-refractivity contribution in [3.8, 4) is 5.75 Å². The number of ether oxygens (including phenoxy) is 3. The maximum absolute atomic E-state index is 13.7. The van der Waals surface area contributed by atoms with Crippen molar-refractivity contribution < 1.29 is 23.8 Å². The summed E-state index contributed by atoms with van der Waals surface area (Å²) in [5.74, 6) is 0.417. The van der Waals surface area contributed by atoms with E-state index in [0.717, 1.165) is 51.3 Å². The van der Waals surface area contributed by atoms with Crippen LogP contribution >= 0.6 is 11.6 Å². The Kier molecular flexibility index (Phi) is 6.63. The molecule has 4 unspecified atom stereocenters. The topological polar surface area (TPSA) is 68.3 Å². The number of alkyl halides is 1. The highest BCUT2D eigenvalue weighted by molar-refractivity contribution is 6.21. The van der Waals surface area contributed by atoms with Crippen molar-refractivity contribution in [3.63, 3.8) is 0 Å². The van der Waals surface area contributed by atoms with E-state index in [0.29, 0.717) is 30.7 Å². The molecule has 1 aliphatic carbocycles. The zero-order valence-corrected chi connectivity index (χ0v) is 19.8. The normalized spacial score (nSPS) is 30.2. The monoisotopic (exact) mass is 474 g/mol. The van der Waals surface area contributed by atoms with E-state index in [2.05, 4.69) is 4.90 Å². The van der Waals surface area contributed by atoms with E-state index < -0.39 is 6.04 Å².